The van der Waals surface area contributed by atoms with Crippen LogP contribution in [-0.4, -0.2) is 52.4 Å². The Balaban J connectivity index is 2.07. The highest BCUT2D eigenvalue weighted by Crippen LogP contribution is 2.19. The van der Waals surface area contributed by atoms with Crippen molar-refractivity contribution in [1.29, 1.82) is 0 Å². The number of aromatic amines is 1. The molecule has 1 N–H and O–H groups in total. The number of anilines is 1. The Bertz CT molecular complexity index is 438. The lowest BCUT2D eigenvalue weighted by Gasteiger charge is -2.28. The number of hydrogen-bond acceptors (Lipinski definition) is 4. The van der Waals surface area contributed by atoms with E-state index in [4.69, 9.17) is 12.2 Å². The van der Waals surface area contributed by atoms with E-state index in [-0.39, 0.29) is 0 Å². The SMILES string of the molecule is CCN1CCCC1CN(C)c1n[nH]c(=S)n1CC. The normalized spacial score (nSPS) is 20.5. The van der Waals surface area contributed by atoms with Gasteiger partial charge >= 0.3 is 0 Å². The summed E-state index contributed by atoms with van der Waals surface area (Å²) >= 11 is 5.23. The van der Waals surface area contributed by atoms with Gasteiger partial charge < -0.3 is 4.90 Å². The molecule has 0 spiro atoms. The van der Waals surface area contributed by atoms with E-state index in [1.807, 2.05) is 4.57 Å². The average molecular weight is 269 g/mol. The topological polar surface area (TPSA) is 40.1 Å². The molecule has 2 rings (SSSR count). The van der Waals surface area contributed by atoms with Crippen molar-refractivity contribution in [2.75, 3.05) is 31.6 Å². The van der Waals surface area contributed by atoms with Crippen LogP contribution in [0.25, 0.3) is 0 Å². The first-order chi connectivity index (χ1) is 8.67. The molecule has 6 heteroatoms. The summed E-state index contributed by atoms with van der Waals surface area (Å²) in [6, 6.07) is 0.649. The molecular formula is C12H23N5S. The van der Waals surface area contributed by atoms with Gasteiger partial charge in [-0.1, -0.05) is 6.92 Å². The first-order valence-corrected chi connectivity index (χ1v) is 7.18. The Morgan fingerprint density at radius 3 is 2.89 bits per heavy atom. The minimum absolute atomic E-state index is 0.649. The van der Waals surface area contributed by atoms with Crippen LogP contribution < -0.4 is 4.90 Å². The van der Waals surface area contributed by atoms with Crippen LogP contribution in [0.5, 0.6) is 0 Å². The van der Waals surface area contributed by atoms with Crippen LogP contribution in [0.15, 0.2) is 0 Å². The van der Waals surface area contributed by atoms with Crippen molar-refractivity contribution in [1.82, 2.24) is 19.7 Å². The maximum absolute atomic E-state index is 5.23. The maximum atomic E-state index is 5.23. The van der Waals surface area contributed by atoms with Crippen molar-refractivity contribution in [2.45, 2.75) is 39.3 Å². The van der Waals surface area contributed by atoms with Crippen LogP contribution in [0.4, 0.5) is 5.95 Å². The zero-order valence-electron chi connectivity index (χ0n) is 11.5. The number of hydrogen-bond donors (Lipinski definition) is 1. The average Bonchev–Trinajstić information content (AvgIpc) is 2.95. The first kappa shape index (κ1) is 13.5. The molecule has 1 aromatic heterocycles. The molecule has 0 amide bonds. The molecule has 1 unspecified atom stereocenters. The fourth-order valence-electron chi connectivity index (χ4n) is 2.80. The van der Waals surface area contributed by atoms with Crippen molar-refractivity contribution < 1.29 is 0 Å². The van der Waals surface area contributed by atoms with Crippen LogP contribution in [0.2, 0.25) is 0 Å². The molecule has 1 saturated heterocycles. The largest absolute Gasteiger partial charge is 0.342 e. The van der Waals surface area contributed by atoms with Crippen LogP contribution in [0.3, 0.4) is 0 Å². The molecule has 0 saturated carbocycles. The smallest absolute Gasteiger partial charge is 0.225 e. The van der Waals surface area contributed by atoms with Gasteiger partial charge in [0.25, 0.3) is 0 Å². The second kappa shape index (κ2) is 5.84. The van der Waals surface area contributed by atoms with Crippen molar-refractivity contribution in [3.63, 3.8) is 0 Å². The van der Waals surface area contributed by atoms with E-state index in [9.17, 15) is 0 Å². The highest BCUT2D eigenvalue weighted by Gasteiger charge is 2.25. The predicted octanol–water partition coefficient (Wildman–Crippen LogP) is 1.88. The van der Waals surface area contributed by atoms with Gasteiger partial charge in [0.1, 0.15) is 0 Å². The third kappa shape index (κ3) is 2.59. The van der Waals surface area contributed by atoms with Gasteiger partial charge in [-0.2, -0.15) is 0 Å². The van der Waals surface area contributed by atoms with E-state index in [0.29, 0.717) is 10.8 Å². The van der Waals surface area contributed by atoms with E-state index in [2.05, 4.69) is 40.9 Å². The molecule has 102 valence electrons. The Hall–Kier alpha value is -0.880. The van der Waals surface area contributed by atoms with Gasteiger partial charge in [-0.05, 0) is 45.1 Å². The Morgan fingerprint density at radius 2 is 2.22 bits per heavy atom. The second-order valence-corrected chi connectivity index (χ2v) is 5.26. The summed E-state index contributed by atoms with van der Waals surface area (Å²) in [5.41, 5.74) is 0. The summed E-state index contributed by atoms with van der Waals surface area (Å²) in [5, 5.41) is 7.21. The fraction of sp³-hybridized carbons (Fsp3) is 0.833. The maximum Gasteiger partial charge on any atom is 0.225 e. The third-order valence-corrected chi connectivity index (χ3v) is 4.10. The number of likely N-dealkylation sites (tertiary alicyclic amines) is 1. The number of H-pyrrole nitrogens is 1. The highest BCUT2D eigenvalue weighted by atomic mass is 32.1. The number of nitrogens with zero attached hydrogens (tertiary/aromatic N) is 4. The predicted molar refractivity (Wildman–Crippen MR) is 76.6 cm³/mol. The Kier molecular flexibility index (Phi) is 4.40. The minimum atomic E-state index is 0.649. The zero-order valence-corrected chi connectivity index (χ0v) is 12.3. The Labute approximate surface area is 114 Å². The molecule has 1 fully saturated rings. The third-order valence-electron chi connectivity index (χ3n) is 3.79. The van der Waals surface area contributed by atoms with Gasteiger partial charge in [0.05, 0.1) is 0 Å². The number of rotatable bonds is 5. The molecule has 2 heterocycles. The molecule has 18 heavy (non-hydrogen) atoms. The molecule has 0 radical (unpaired) electrons. The Morgan fingerprint density at radius 1 is 1.44 bits per heavy atom. The lowest BCUT2D eigenvalue weighted by atomic mass is 10.2. The summed E-state index contributed by atoms with van der Waals surface area (Å²) in [6.07, 6.45) is 2.60. The molecule has 1 aliphatic rings. The number of aromatic nitrogens is 3. The van der Waals surface area contributed by atoms with Gasteiger partial charge in [0, 0.05) is 26.2 Å². The quantitative estimate of drug-likeness (QED) is 0.829. The van der Waals surface area contributed by atoms with Crippen molar-refractivity contribution >= 4 is 18.2 Å². The van der Waals surface area contributed by atoms with E-state index in [1.54, 1.807) is 0 Å². The summed E-state index contributed by atoms with van der Waals surface area (Å²) in [6.45, 7) is 8.58. The van der Waals surface area contributed by atoms with Gasteiger partial charge in [0.2, 0.25) is 5.95 Å². The van der Waals surface area contributed by atoms with Crippen LogP contribution in [0, 0.1) is 4.77 Å². The minimum Gasteiger partial charge on any atom is -0.342 e. The van der Waals surface area contributed by atoms with Crippen molar-refractivity contribution in [3.8, 4) is 0 Å². The second-order valence-electron chi connectivity index (χ2n) is 4.88. The van der Waals surface area contributed by atoms with Gasteiger partial charge in [-0.25, -0.2) is 5.10 Å². The molecule has 0 bridgehead atoms. The summed E-state index contributed by atoms with van der Waals surface area (Å²) in [4.78, 5) is 4.77. The van der Waals surface area contributed by atoms with E-state index >= 15 is 0 Å². The molecule has 0 aromatic carbocycles. The van der Waals surface area contributed by atoms with Gasteiger partial charge in [-0.3, -0.25) is 9.47 Å². The number of nitrogens with one attached hydrogen (secondary N) is 1. The van der Waals surface area contributed by atoms with Crippen LogP contribution in [-0.2, 0) is 6.54 Å². The molecule has 1 aromatic rings. The molecule has 1 aliphatic heterocycles. The molecular weight excluding hydrogens is 246 g/mol. The van der Waals surface area contributed by atoms with Gasteiger partial charge in [0.15, 0.2) is 4.77 Å². The molecule has 5 nitrogen and oxygen atoms in total. The molecule has 1 atom stereocenters. The summed E-state index contributed by atoms with van der Waals surface area (Å²) in [7, 11) is 2.10. The highest BCUT2D eigenvalue weighted by molar-refractivity contribution is 7.71. The van der Waals surface area contributed by atoms with E-state index in [0.717, 1.165) is 25.6 Å². The lowest BCUT2D eigenvalue weighted by Crippen LogP contribution is -2.39. The van der Waals surface area contributed by atoms with E-state index in [1.165, 1.54) is 19.4 Å². The van der Waals surface area contributed by atoms with Crippen molar-refractivity contribution in [2.24, 2.45) is 0 Å². The first-order valence-electron chi connectivity index (χ1n) is 6.77. The van der Waals surface area contributed by atoms with E-state index < -0.39 is 0 Å². The molecule has 0 aliphatic carbocycles. The van der Waals surface area contributed by atoms with Crippen LogP contribution in [0.1, 0.15) is 26.7 Å². The van der Waals surface area contributed by atoms with Crippen LogP contribution >= 0.6 is 12.2 Å². The van der Waals surface area contributed by atoms with Crippen molar-refractivity contribution in [3.05, 3.63) is 4.77 Å². The van der Waals surface area contributed by atoms with Gasteiger partial charge in [-0.15, -0.1) is 5.10 Å². The summed E-state index contributed by atoms with van der Waals surface area (Å²) < 4.78 is 2.75. The zero-order chi connectivity index (χ0) is 13.1. The monoisotopic (exact) mass is 269 g/mol. The lowest BCUT2D eigenvalue weighted by molar-refractivity contribution is 0.270. The standard InChI is InChI=1S/C12H23N5S/c1-4-16-8-6-7-10(16)9-15(3)11-13-14-12(18)17(11)5-2/h10H,4-9H2,1-3H3,(H,14,18). The summed E-state index contributed by atoms with van der Waals surface area (Å²) in [5.74, 6) is 0.949. The fourth-order valence-corrected chi connectivity index (χ4v) is 3.06. The number of likely N-dealkylation sites (N-methyl/N-ethyl adjacent to an activating group) is 2.